The summed E-state index contributed by atoms with van der Waals surface area (Å²) in [4.78, 5) is 6.90. The smallest absolute Gasteiger partial charge is 0.128 e. The van der Waals surface area contributed by atoms with Gasteiger partial charge in [0.1, 0.15) is 11.0 Å². The van der Waals surface area contributed by atoms with Crippen LogP contribution in [0.25, 0.3) is 0 Å². The fourth-order valence-corrected chi connectivity index (χ4v) is 3.34. The Kier molecular flexibility index (Phi) is 5.89. The molecule has 0 aliphatic carbocycles. The van der Waals surface area contributed by atoms with Crippen LogP contribution in [0.5, 0.6) is 0 Å². The van der Waals surface area contributed by atoms with Gasteiger partial charge in [0.15, 0.2) is 0 Å². The van der Waals surface area contributed by atoms with Crippen molar-refractivity contribution in [1.82, 2.24) is 19.8 Å². The minimum absolute atomic E-state index is 0.134. The van der Waals surface area contributed by atoms with Crippen LogP contribution in [-0.4, -0.2) is 47.3 Å². The predicted octanol–water partition coefficient (Wildman–Crippen LogP) is 2.80. The minimum Gasteiger partial charge on any atom is -0.379 e. The molecule has 130 valence electrons. The number of ether oxygens (including phenoxy) is 1. The van der Waals surface area contributed by atoms with Crippen molar-refractivity contribution >= 4 is 11.6 Å². The highest BCUT2D eigenvalue weighted by Crippen LogP contribution is 2.23. The Morgan fingerprint density at radius 1 is 1.25 bits per heavy atom. The zero-order valence-electron chi connectivity index (χ0n) is 14.3. The van der Waals surface area contributed by atoms with E-state index in [1.807, 2.05) is 11.6 Å². The van der Waals surface area contributed by atoms with Crippen molar-refractivity contribution in [3.8, 4) is 0 Å². The molecule has 1 fully saturated rings. The van der Waals surface area contributed by atoms with Gasteiger partial charge in [-0.25, -0.2) is 4.98 Å². The lowest BCUT2D eigenvalue weighted by Crippen LogP contribution is -2.43. The third-order valence-electron chi connectivity index (χ3n) is 4.64. The fourth-order valence-electron chi connectivity index (χ4n) is 3.21. The standard InChI is InChI=1S/C18H25ClN4O/c1-14(18-21-13-17(19)22(18)2)20-12-16(15-6-4-3-5-7-15)23-8-10-24-11-9-23/h3-7,13-14,16,20H,8-12H2,1-2H3. The number of halogens is 1. The van der Waals surface area contributed by atoms with Crippen LogP contribution in [-0.2, 0) is 11.8 Å². The normalized spacial score (nSPS) is 18.5. The Morgan fingerprint density at radius 2 is 1.96 bits per heavy atom. The Bertz CT molecular complexity index is 640. The molecule has 0 bridgehead atoms. The van der Waals surface area contributed by atoms with Gasteiger partial charge in [-0.3, -0.25) is 4.90 Å². The molecule has 1 N–H and O–H groups in total. The largest absolute Gasteiger partial charge is 0.379 e. The highest BCUT2D eigenvalue weighted by Gasteiger charge is 2.23. The first-order valence-corrected chi connectivity index (χ1v) is 8.82. The summed E-state index contributed by atoms with van der Waals surface area (Å²) in [6.07, 6.45) is 1.70. The molecule has 2 heterocycles. The predicted molar refractivity (Wildman–Crippen MR) is 96.2 cm³/mol. The Hall–Kier alpha value is -1.40. The molecule has 5 nitrogen and oxygen atoms in total. The number of morpholine rings is 1. The van der Waals surface area contributed by atoms with Crippen molar-refractivity contribution in [3.05, 3.63) is 53.1 Å². The Balaban J connectivity index is 1.70. The number of benzene rings is 1. The average Bonchev–Trinajstić information content (AvgIpc) is 2.96. The lowest BCUT2D eigenvalue weighted by Gasteiger charge is -2.35. The van der Waals surface area contributed by atoms with E-state index >= 15 is 0 Å². The molecule has 3 rings (SSSR count). The van der Waals surface area contributed by atoms with E-state index in [1.165, 1.54) is 5.56 Å². The summed E-state index contributed by atoms with van der Waals surface area (Å²) >= 11 is 6.10. The van der Waals surface area contributed by atoms with Crippen LogP contribution in [0, 0.1) is 0 Å². The quantitative estimate of drug-likeness (QED) is 0.871. The first kappa shape index (κ1) is 17.4. The van der Waals surface area contributed by atoms with Gasteiger partial charge >= 0.3 is 0 Å². The molecule has 24 heavy (non-hydrogen) atoms. The lowest BCUT2D eigenvalue weighted by molar-refractivity contribution is 0.0156. The topological polar surface area (TPSA) is 42.3 Å². The summed E-state index contributed by atoms with van der Waals surface area (Å²) in [6, 6.07) is 11.1. The zero-order valence-corrected chi connectivity index (χ0v) is 15.0. The van der Waals surface area contributed by atoms with Crippen molar-refractivity contribution in [2.75, 3.05) is 32.8 Å². The summed E-state index contributed by atoms with van der Waals surface area (Å²) in [5.41, 5.74) is 1.33. The maximum atomic E-state index is 6.10. The molecule has 6 heteroatoms. The second-order valence-corrected chi connectivity index (χ2v) is 6.59. The number of nitrogens with one attached hydrogen (secondary N) is 1. The van der Waals surface area contributed by atoms with E-state index in [-0.39, 0.29) is 6.04 Å². The Labute approximate surface area is 148 Å². The molecule has 2 aromatic rings. The van der Waals surface area contributed by atoms with Gasteiger partial charge in [0.2, 0.25) is 0 Å². The van der Waals surface area contributed by atoms with Crippen molar-refractivity contribution in [1.29, 1.82) is 0 Å². The van der Waals surface area contributed by atoms with Gasteiger partial charge < -0.3 is 14.6 Å². The van der Waals surface area contributed by atoms with Crippen LogP contribution in [0.15, 0.2) is 36.5 Å². The number of imidazole rings is 1. The lowest BCUT2D eigenvalue weighted by atomic mass is 10.0. The van der Waals surface area contributed by atoms with E-state index in [2.05, 4.69) is 52.5 Å². The number of rotatable bonds is 6. The van der Waals surface area contributed by atoms with Crippen LogP contribution < -0.4 is 5.32 Å². The second-order valence-electron chi connectivity index (χ2n) is 6.20. The number of hydrogen-bond acceptors (Lipinski definition) is 4. The maximum absolute atomic E-state index is 6.10. The van der Waals surface area contributed by atoms with Crippen LogP contribution in [0.4, 0.5) is 0 Å². The summed E-state index contributed by atoms with van der Waals surface area (Å²) in [5, 5.41) is 4.28. The number of hydrogen-bond donors (Lipinski definition) is 1. The molecular formula is C18H25ClN4O. The van der Waals surface area contributed by atoms with Gasteiger partial charge in [-0.15, -0.1) is 0 Å². The molecule has 0 saturated carbocycles. The van der Waals surface area contributed by atoms with Gasteiger partial charge in [-0.2, -0.15) is 0 Å². The number of nitrogens with zero attached hydrogens (tertiary/aromatic N) is 3. The molecule has 2 unspecified atom stereocenters. The van der Waals surface area contributed by atoms with Crippen molar-refractivity contribution < 1.29 is 4.74 Å². The summed E-state index contributed by atoms with van der Waals surface area (Å²) in [6.45, 7) is 6.51. The van der Waals surface area contributed by atoms with Gasteiger partial charge in [0.25, 0.3) is 0 Å². The molecule has 2 atom stereocenters. The van der Waals surface area contributed by atoms with E-state index in [9.17, 15) is 0 Å². The monoisotopic (exact) mass is 348 g/mol. The van der Waals surface area contributed by atoms with Gasteiger partial charge in [-0.1, -0.05) is 41.9 Å². The van der Waals surface area contributed by atoms with E-state index in [0.717, 1.165) is 38.7 Å². The maximum Gasteiger partial charge on any atom is 0.128 e. The van der Waals surface area contributed by atoms with E-state index < -0.39 is 0 Å². The highest BCUT2D eigenvalue weighted by molar-refractivity contribution is 6.29. The van der Waals surface area contributed by atoms with Crippen LogP contribution >= 0.6 is 11.6 Å². The molecule has 0 radical (unpaired) electrons. The summed E-state index contributed by atoms with van der Waals surface area (Å²) in [7, 11) is 1.94. The fraction of sp³-hybridized carbons (Fsp3) is 0.500. The van der Waals surface area contributed by atoms with Crippen molar-refractivity contribution in [2.24, 2.45) is 7.05 Å². The van der Waals surface area contributed by atoms with Crippen molar-refractivity contribution in [3.63, 3.8) is 0 Å². The van der Waals surface area contributed by atoms with Crippen LogP contribution in [0.1, 0.15) is 30.4 Å². The molecule has 1 aliphatic rings. The molecule has 0 spiro atoms. The molecule has 1 saturated heterocycles. The molecule has 1 aliphatic heterocycles. The third kappa shape index (κ3) is 3.98. The molecule has 1 aromatic heterocycles. The van der Waals surface area contributed by atoms with Gasteiger partial charge in [-0.05, 0) is 12.5 Å². The van der Waals surface area contributed by atoms with E-state index in [0.29, 0.717) is 11.2 Å². The van der Waals surface area contributed by atoms with E-state index in [1.54, 1.807) is 6.20 Å². The van der Waals surface area contributed by atoms with Gasteiger partial charge in [0.05, 0.1) is 25.5 Å². The highest BCUT2D eigenvalue weighted by atomic mass is 35.5. The van der Waals surface area contributed by atoms with Crippen LogP contribution in [0.2, 0.25) is 5.15 Å². The zero-order chi connectivity index (χ0) is 16.9. The summed E-state index contributed by atoms with van der Waals surface area (Å²) < 4.78 is 7.43. The summed E-state index contributed by atoms with van der Waals surface area (Å²) in [5.74, 6) is 0.953. The first-order chi connectivity index (χ1) is 11.7. The SMILES string of the molecule is CC(NCC(c1ccccc1)N1CCOCC1)c1ncc(Cl)n1C. The minimum atomic E-state index is 0.134. The van der Waals surface area contributed by atoms with E-state index in [4.69, 9.17) is 16.3 Å². The molecular weight excluding hydrogens is 324 g/mol. The Morgan fingerprint density at radius 3 is 2.58 bits per heavy atom. The van der Waals surface area contributed by atoms with Crippen molar-refractivity contribution in [2.45, 2.75) is 19.0 Å². The first-order valence-electron chi connectivity index (χ1n) is 8.44. The molecule has 0 amide bonds. The van der Waals surface area contributed by atoms with Gasteiger partial charge in [0, 0.05) is 32.7 Å². The average molecular weight is 349 g/mol. The third-order valence-corrected chi connectivity index (χ3v) is 4.99. The molecule has 1 aromatic carbocycles. The second kappa shape index (κ2) is 8.12. The number of aromatic nitrogens is 2. The van der Waals surface area contributed by atoms with Crippen LogP contribution in [0.3, 0.4) is 0 Å².